The summed E-state index contributed by atoms with van der Waals surface area (Å²) < 4.78 is 0. The minimum absolute atomic E-state index is 0.175. The van der Waals surface area contributed by atoms with Crippen LogP contribution in [0.25, 0.3) is 10.9 Å². The molecule has 3 aromatic rings. The molecule has 1 aliphatic rings. The van der Waals surface area contributed by atoms with Crippen LogP contribution in [0.3, 0.4) is 0 Å². The second-order valence-corrected chi connectivity index (χ2v) is 7.04. The van der Waals surface area contributed by atoms with Crippen molar-refractivity contribution >= 4 is 16.7 Å². The lowest BCUT2D eigenvalue weighted by Gasteiger charge is -2.28. The molecule has 2 N–H and O–H groups in total. The number of benzene rings is 1. The molecule has 1 aromatic carbocycles. The van der Waals surface area contributed by atoms with Crippen LogP contribution in [0, 0.1) is 0 Å². The Hall–Kier alpha value is -2.40. The summed E-state index contributed by atoms with van der Waals surface area (Å²) in [6.07, 6.45) is 9.14. The van der Waals surface area contributed by atoms with Crippen LogP contribution in [0.2, 0.25) is 0 Å². The summed E-state index contributed by atoms with van der Waals surface area (Å²) in [6.45, 7) is 2.28. The summed E-state index contributed by atoms with van der Waals surface area (Å²) in [7, 11) is 2.18. The van der Waals surface area contributed by atoms with Crippen LogP contribution in [-0.2, 0) is 6.42 Å². The van der Waals surface area contributed by atoms with Crippen LogP contribution < -0.4 is 0 Å². The van der Waals surface area contributed by atoms with E-state index in [0.29, 0.717) is 18.8 Å². The SMILES string of the molecule is CN1CCC(c2c[nH]c3ccc(C(=O)CCc4ncc[nH]4)cc23)CC1. The molecule has 0 aliphatic carbocycles. The lowest BCUT2D eigenvalue weighted by atomic mass is 9.89. The van der Waals surface area contributed by atoms with E-state index in [9.17, 15) is 4.79 Å². The van der Waals surface area contributed by atoms with Gasteiger partial charge < -0.3 is 14.9 Å². The predicted molar refractivity (Wildman–Crippen MR) is 99.0 cm³/mol. The van der Waals surface area contributed by atoms with E-state index < -0.39 is 0 Å². The monoisotopic (exact) mass is 336 g/mol. The van der Waals surface area contributed by atoms with Crippen LogP contribution in [0.15, 0.2) is 36.8 Å². The quantitative estimate of drug-likeness (QED) is 0.701. The van der Waals surface area contributed by atoms with Gasteiger partial charge in [-0.05, 0) is 62.7 Å². The Morgan fingerprint density at radius 1 is 1.28 bits per heavy atom. The molecule has 5 nitrogen and oxygen atoms in total. The van der Waals surface area contributed by atoms with Crippen LogP contribution >= 0.6 is 0 Å². The molecule has 1 aliphatic heterocycles. The lowest BCUT2D eigenvalue weighted by Crippen LogP contribution is -2.29. The molecule has 5 heteroatoms. The number of hydrogen-bond acceptors (Lipinski definition) is 3. The Morgan fingerprint density at radius 2 is 2.12 bits per heavy atom. The first-order chi connectivity index (χ1) is 12.2. The smallest absolute Gasteiger partial charge is 0.163 e. The zero-order valence-corrected chi connectivity index (χ0v) is 14.6. The van der Waals surface area contributed by atoms with Gasteiger partial charge in [-0.3, -0.25) is 4.79 Å². The van der Waals surface area contributed by atoms with Gasteiger partial charge in [0.15, 0.2) is 5.78 Å². The van der Waals surface area contributed by atoms with Crippen molar-refractivity contribution in [2.24, 2.45) is 0 Å². The normalized spacial score (nSPS) is 16.5. The summed E-state index contributed by atoms with van der Waals surface area (Å²) in [5.41, 5.74) is 3.29. The molecule has 0 spiro atoms. The number of nitrogens with zero attached hydrogens (tertiary/aromatic N) is 2. The summed E-state index contributed by atoms with van der Waals surface area (Å²) in [6, 6.07) is 6.04. The van der Waals surface area contributed by atoms with E-state index in [2.05, 4.69) is 39.2 Å². The molecule has 0 unspecified atom stereocenters. The summed E-state index contributed by atoms with van der Waals surface area (Å²) in [5, 5.41) is 1.21. The zero-order valence-electron chi connectivity index (χ0n) is 14.6. The number of aryl methyl sites for hydroxylation is 1. The fourth-order valence-corrected chi connectivity index (χ4v) is 3.78. The number of likely N-dealkylation sites (tertiary alicyclic amines) is 1. The van der Waals surface area contributed by atoms with Gasteiger partial charge in [-0.1, -0.05) is 0 Å². The number of H-pyrrole nitrogens is 2. The third-order valence-electron chi connectivity index (χ3n) is 5.34. The third kappa shape index (κ3) is 3.37. The highest BCUT2D eigenvalue weighted by Crippen LogP contribution is 2.33. The standard InChI is InChI=1S/C20H24N4O/c1-24-10-6-14(7-11-24)17-13-23-18-3-2-15(12-16(17)18)19(25)4-5-20-21-8-9-22-20/h2-3,8-9,12-14,23H,4-7,10-11H2,1H3,(H,21,22). The largest absolute Gasteiger partial charge is 0.361 e. The van der Waals surface area contributed by atoms with Gasteiger partial charge in [-0.15, -0.1) is 0 Å². The number of Topliss-reactive ketones (excluding diaryl/α,β-unsaturated/α-hetero) is 1. The van der Waals surface area contributed by atoms with E-state index in [1.54, 1.807) is 12.4 Å². The van der Waals surface area contributed by atoms with Crippen molar-refractivity contribution in [2.45, 2.75) is 31.6 Å². The molecule has 25 heavy (non-hydrogen) atoms. The zero-order chi connectivity index (χ0) is 17.2. The fraction of sp³-hybridized carbons (Fsp3) is 0.400. The molecule has 2 aromatic heterocycles. The topological polar surface area (TPSA) is 64.8 Å². The predicted octanol–water partition coefficient (Wildman–Crippen LogP) is 3.52. The number of imidazole rings is 1. The summed E-state index contributed by atoms with van der Waals surface area (Å²) in [4.78, 5) is 25.6. The Kier molecular flexibility index (Phi) is 4.40. The summed E-state index contributed by atoms with van der Waals surface area (Å²) in [5.74, 6) is 1.62. The highest BCUT2D eigenvalue weighted by molar-refractivity contribution is 6.00. The highest BCUT2D eigenvalue weighted by Gasteiger charge is 2.21. The Balaban J connectivity index is 1.54. The molecule has 4 rings (SSSR count). The van der Waals surface area contributed by atoms with Gasteiger partial charge in [0.05, 0.1) is 0 Å². The van der Waals surface area contributed by atoms with Crippen LogP contribution in [0.4, 0.5) is 0 Å². The number of aromatic amines is 2. The molecular weight excluding hydrogens is 312 g/mol. The minimum Gasteiger partial charge on any atom is -0.361 e. The Bertz CT molecular complexity index is 857. The third-order valence-corrected chi connectivity index (χ3v) is 5.34. The average Bonchev–Trinajstić information content (AvgIpc) is 3.29. The van der Waals surface area contributed by atoms with Gasteiger partial charge in [-0.25, -0.2) is 4.98 Å². The molecule has 1 fully saturated rings. The number of nitrogens with one attached hydrogen (secondary N) is 2. The maximum Gasteiger partial charge on any atom is 0.163 e. The van der Waals surface area contributed by atoms with Crippen LogP contribution in [0.1, 0.15) is 46.9 Å². The molecule has 3 heterocycles. The number of fused-ring (bicyclic) bond motifs is 1. The van der Waals surface area contributed by atoms with Crippen LogP contribution in [0.5, 0.6) is 0 Å². The van der Waals surface area contributed by atoms with Crippen LogP contribution in [-0.4, -0.2) is 45.8 Å². The number of carbonyl (C=O) groups is 1. The number of rotatable bonds is 5. The van der Waals surface area contributed by atoms with E-state index in [-0.39, 0.29) is 5.78 Å². The van der Waals surface area contributed by atoms with Crippen molar-refractivity contribution in [3.63, 3.8) is 0 Å². The molecular formula is C20H24N4O. The van der Waals surface area contributed by atoms with Crippen molar-refractivity contribution in [2.75, 3.05) is 20.1 Å². The van der Waals surface area contributed by atoms with E-state index in [0.717, 1.165) is 30.0 Å². The number of carbonyl (C=O) groups excluding carboxylic acids is 1. The lowest BCUT2D eigenvalue weighted by molar-refractivity contribution is 0.0982. The second kappa shape index (κ2) is 6.84. The van der Waals surface area contributed by atoms with E-state index in [1.165, 1.54) is 23.8 Å². The van der Waals surface area contributed by atoms with Gasteiger partial charge >= 0.3 is 0 Å². The molecule has 0 saturated carbocycles. The minimum atomic E-state index is 0.175. The van der Waals surface area contributed by atoms with Crippen molar-refractivity contribution in [3.8, 4) is 0 Å². The first-order valence-corrected chi connectivity index (χ1v) is 9.02. The average molecular weight is 336 g/mol. The van der Waals surface area contributed by atoms with Gasteiger partial charge in [0.25, 0.3) is 0 Å². The molecule has 130 valence electrons. The fourth-order valence-electron chi connectivity index (χ4n) is 3.78. The Labute approximate surface area is 147 Å². The Morgan fingerprint density at radius 3 is 2.88 bits per heavy atom. The first kappa shape index (κ1) is 16.1. The molecule has 0 atom stereocenters. The number of piperidine rings is 1. The molecule has 0 radical (unpaired) electrons. The molecule has 0 amide bonds. The van der Waals surface area contributed by atoms with Gasteiger partial charge in [0.1, 0.15) is 5.82 Å². The first-order valence-electron chi connectivity index (χ1n) is 9.02. The molecule has 1 saturated heterocycles. The summed E-state index contributed by atoms with van der Waals surface area (Å²) >= 11 is 0. The number of ketones is 1. The highest BCUT2D eigenvalue weighted by atomic mass is 16.1. The van der Waals surface area contributed by atoms with E-state index >= 15 is 0 Å². The second-order valence-electron chi connectivity index (χ2n) is 7.04. The van der Waals surface area contributed by atoms with Crippen molar-refractivity contribution in [1.82, 2.24) is 19.9 Å². The number of aromatic nitrogens is 3. The number of hydrogen-bond donors (Lipinski definition) is 2. The van der Waals surface area contributed by atoms with Gasteiger partial charge in [0, 0.05) is 47.9 Å². The van der Waals surface area contributed by atoms with E-state index in [1.807, 2.05) is 12.1 Å². The molecule has 0 bridgehead atoms. The van der Waals surface area contributed by atoms with Crippen molar-refractivity contribution < 1.29 is 4.79 Å². The van der Waals surface area contributed by atoms with Crippen molar-refractivity contribution in [3.05, 3.63) is 53.7 Å². The maximum atomic E-state index is 12.6. The maximum absolute atomic E-state index is 12.6. The van der Waals surface area contributed by atoms with Gasteiger partial charge in [-0.2, -0.15) is 0 Å². The van der Waals surface area contributed by atoms with E-state index in [4.69, 9.17) is 0 Å². The van der Waals surface area contributed by atoms with Gasteiger partial charge in [0.2, 0.25) is 0 Å². The van der Waals surface area contributed by atoms with Crippen molar-refractivity contribution in [1.29, 1.82) is 0 Å².